The summed E-state index contributed by atoms with van der Waals surface area (Å²) < 4.78 is 58.7. The van der Waals surface area contributed by atoms with Gasteiger partial charge in [0.05, 0.1) is 23.9 Å². The summed E-state index contributed by atoms with van der Waals surface area (Å²) in [5.41, 5.74) is 3.10. The molecule has 0 amide bonds. The van der Waals surface area contributed by atoms with Crippen LogP contribution in [0.15, 0.2) is 30.3 Å². The van der Waals surface area contributed by atoms with Crippen LogP contribution < -0.4 is 5.73 Å². The van der Waals surface area contributed by atoms with Gasteiger partial charge in [-0.05, 0) is 24.1 Å². The number of nitrogens with two attached hydrogens (primary N) is 1. The lowest BCUT2D eigenvalue weighted by Crippen LogP contribution is -2.12. The molecule has 0 aliphatic carbocycles. The van der Waals surface area contributed by atoms with Gasteiger partial charge in [-0.1, -0.05) is 24.3 Å². The van der Waals surface area contributed by atoms with E-state index in [1.807, 2.05) is 0 Å². The van der Waals surface area contributed by atoms with Gasteiger partial charge in [0.1, 0.15) is 0 Å². The molecule has 2 aromatic carbocycles. The number of nitrogen functional groups attached to an aromatic ring is 1. The van der Waals surface area contributed by atoms with Crippen molar-refractivity contribution in [2.24, 2.45) is 0 Å². The van der Waals surface area contributed by atoms with Gasteiger partial charge in [0.2, 0.25) is 0 Å². The van der Waals surface area contributed by atoms with Gasteiger partial charge in [-0.15, -0.1) is 0 Å². The fraction of sp³-hybridized carbons (Fsp3) is 0.188. The van der Waals surface area contributed by atoms with Crippen LogP contribution >= 0.6 is 0 Å². The third-order valence-corrected chi connectivity index (χ3v) is 3.43. The highest BCUT2D eigenvalue weighted by atomic mass is 19.4. The van der Waals surface area contributed by atoms with Crippen LogP contribution in [-0.2, 0) is 10.9 Å². The Labute approximate surface area is 129 Å². The maximum Gasteiger partial charge on any atom is 0.417 e. The van der Waals surface area contributed by atoms with Crippen molar-refractivity contribution in [2.75, 3.05) is 12.8 Å². The quantitative estimate of drug-likeness (QED) is 0.511. The molecule has 2 N–H and O–H groups in total. The van der Waals surface area contributed by atoms with Crippen LogP contribution in [0.3, 0.4) is 0 Å². The van der Waals surface area contributed by atoms with E-state index >= 15 is 0 Å². The normalized spacial score (nSPS) is 11.4. The molecule has 0 bridgehead atoms. The number of methoxy groups -OCH3 is 1. The summed E-state index contributed by atoms with van der Waals surface area (Å²) in [6, 6.07) is 6.07. The minimum absolute atomic E-state index is 0.0370. The number of carbonyl (C=O) groups excluding carboxylic acids is 1. The van der Waals surface area contributed by atoms with E-state index in [1.54, 1.807) is 0 Å². The van der Waals surface area contributed by atoms with E-state index in [9.17, 15) is 22.4 Å². The van der Waals surface area contributed by atoms with E-state index in [2.05, 4.69) is 4.74 Å². The van der Waals surface area contributed by atoms with Crippen molar-refractivity contribution in [1.29, 1.82) is 0 Å². The Morgan fingerprint density at radius 3 is 2.35 bits per heavy atom. The molecule has 0 aliphatic rings. The van der Waals surface area contributed by atoms with Crippen LogP contribution in [-0.4, -0.2) is 13.1 Å². The van der Waals surface area contributed by atoms with E-state index in [4.69, 9.17) is 5.73 Å². The predicted octanol–water partition coefficient (Wildman–Crippen LogP) is 4.19. The fourth-order valence-electron chi connectivity index (χ4n) is 2.36. The number of halogens is 4. The molecule has 7 heteroatoms. The van der Waals surface area contributed by atoms with Gasteiger partial charge in [0.15, 0.2) is 5.82 Å². The number of esters is 1. The summed E-state index contributed by atoms with van der Waals surface area (Å²) in [5, 5.41) is 0. The molecule has 0 aliphatic heterocycles. The first-order valence-corrected chi connectivity index (χ1v) is 6.52. The van der Waals surface area contributed by atoms with E-state index in [0.29, 0.717) is 0 Å². The number of rotatable bonds is 2. The molecule has 0 saturated carbocycles. The standard InChI is InChI=1S/C16H13F4NO2/c1-8-4-3-5-9(12(8)16(18,19)20)10-6-7-11(15(22)23-2)14(21)13(10)17/h3-7H,21H2,1-2H3. The first-order chi connectivity index (χ1) is 10.7. The zero-order valence-corrected chi connectivity index (χ0v) is 12.3. The summed E-state index contributed by atoms with van der Waals surface area (Å²) in [4.78, 5) is 11.5. The van der Waals surface area contributed by atoms with E-state index in [1.165, 1.54) is 19.1 Å². The molecular formula is C16H13F4NO2. The van der Waals surface area contributed by atoms with Crippen molar-refractivity contribution in [3.05, 3.63) is 52.8 Å². The molecule has 0 unspecified atom stereocenters. The lowest BCUT2D eigenvalue weighted by Gasteiger charge is -2.17. The zero-order valence-electron chi connectivity index (χ0n) is 12.3. The van der Waals surface area contributed by atoms with Crippen LogP contribution in [0.2, 0.25) is 0 Å². The third-order valence-electron chi connectivity index (χ3n) is 3.43. The first kappa shape index (κ1) is 16.8. The highest BCUT2D eigenvalue weighted by Crippen LogP contribution is 2.41. The Bertz CT molecular complexity index is 769. The van der Waals surface area contributed by atoms with Crippen LogP contribution in [0.4, 0.5) is 23.2 Å². The number of anilines is 1. The lowest BCUT2D eigenvalue weighted by molar-refractivity contribution is -0.137. The number of aryl methyl sites for hydroxylation is 1. The van der Waals surface area contributed by atoms with Crippen molar-refractivity contribution >= 4 is 11.7 Å². The van der Waals surface area contributed by atoms with Crippen molar-refractivity contribution in [1.82, 2.24) is 0 Å². The lowest BCUT2D eigenvalue weighted by atomic mass is 9.94. The minimum atomic E-state index is -4.65. The smallest absolute Gasteiger partial charge is 0.417 e. The van der Waals surface area contributed by atoms with Crippen LogP contribution in [0, 0.1) is 12.7 Å². The van der Waals surface area contributed by atoms with Gasteiger partial charge in [-0.25, -0.2) is 9.18 Å². The summed E-state index contributed by atoms with van der Waals surface area (Å²) in [6.45, 7) is 1.29. The molecule has 0 radical (unpaired) electrons. The largest absolute Gasteiger partial charge is 0.465 e. The van der Waals surface area contributed by atoms with E-state index in [-0.39, 0.29) is 22.3 Å². The molecule has 0 spiro atoms. The molecular weight excluding hydrogens is 314 g/mol. The molecule has 2 aromatic rings. The van der Waals surface area contributed by atoms with Gasteiger partial charge in [-0.2, -0.15) is 13.2 Å². The summed E-state index contributed by atoms with van der Waals surface area (Å²) in [6.07, 6.45) is -4.65. The molecule has 122 valence electrons. The molecule has 0 saturated heterocycles. The Morgan fingerprint density at radius 2 is 1.78 bits per heavy atom. The number of hydrogen-bond acceptors (Lipinski definition) is 3. The van der Waals surface area contributed by atoms with Crippen LogP contribution in [0.5, 0.6) is 0 Å². The Balaban J connectivity index is 2.73. The second-order valence-electron chi connectivity index (χ2n) is 4.88. The number of benzene rings is 2. The van der Waals surface area contributed by atoms with Crippen molar-refractivity contribution in [3.8, 4) is 11.1 Å². The average Bonchev–Trinajstić information content (AvgIpc) is 2.47. The van der Waals surface area contributed by atoms with E-state index in [0.717, 1.165) is 25.3 Å². The molecule has 0 heterocycles. The topological polar surface area (TPSA) is 52.3 Å². The zero-order chi connectivity index (χ0) is 17.4. The highest BCUT2D eigenvalue weighted by molar-refractivity contribution is 5.96. The van der Waals surface area contributed by atoms with Crippen LogP contribution in [0.1, 0.15) is 21.5 Å². The minimum Gasteiger partial charge on any atom is -0.465 e. The Hall–Kier alpha value is -2.57. The predicted molar refractivity (Wildman–Crippen MR) is 77.3 cm³/mol. The molecule has 0 atom stereocenters. The van der Waals surface area contributed by atoms with Gasteiger partial charge in [-0.3, -0.25) is 0 Å². The number of alkyl halides is 3. The summed E-state index contributed by atoms with van der Waals surface area (Å²) >= 11 is 0. The summed E-state index contributed by atoms with van der Waals surface area (Å²) in [7, 11) is 1.09. The van der Waals surface area contributed by atoms with Crippen LogP contribution in [0.25, 0.3) is 11.1 Å². The van der Waals surface area contributed by atoms with Gasteiger partial charge >= 0.3 is 12.1 Å². The monoisotopic (exact) mass is 327 g/mol. The SMILES string of the molecule is COC(=O)c1ccc(-c2cccc(C)c2C(F)(F)F)c(F)c1N. The maximum absolute atomic E-state index is 14.4. The van der Waals surface area contributed by atoms with Gasteiger partial charge < -0.3 is 10.5 Å². The fourth-order valence-corrected chi connectivity index (χ4v) is 2.36. The Kier molecular flexibility index (Phi) is 4.31. The Morgan fingerprint density at radius 1 is 1.13 bits per heavy atom. The average molecular weight is 327 g/mol. The van der Waals surface area contributed by atoms with Crippen molar-refractivity contribution in [3.63, 3.8) is 0 Å². The number of carbonyl (C=O) groups is 1. The van der Waals surface area contributed by atoms with E-state index < -0.39 is 29.2 Å². The molecule has 2 rings (SSSR count). The first-order valence-electron chi connectivity index (χ1n) is 6.52. The van der Waals surface area contributed by atoms with Crippen molar-refractivity contribution < 1.29 is 27.1 Å². The number of ether oxygens (including phenoxy) is 1. The summed E-state index contributed by atoms with van der Waals surface area (Å²) in [5.74, 6) is -1.96. The molecule has 3 nitrogen and oxygen atoms in total. The van der Waals surface area contributed by atoms with Gasteiger partial charge in [0, 0.05) is 5.56 Å². The second kappa shape index (κ2) is 5.91. The molecule has 23 heavy (non-hydrogen) atoms. The number of hydrogen-bond donors (Lipinski definition) is 1. The van der Waals surface area contributed by atoms with Crippen molar-refractivity contribution in [2.45, 2.75) is 13.1 Å². The third kappa shape index (κ3) is 2.99. The molecule has 0 aromatic heterocycles. The highest BCUT2D eigenvalue weighted by Gasteiger charge is 2.36. The maximum atomic E-state index is 14.4. The van der Waals surface area contributed by atoms with Gasteiger partial charge in [0.25, 0.3) is 0 Å². The molecule has 0 fully saturated rings. The second-order valence-corrected chi connectivity index (χ2v) is 4.88.